The van der Waals surface area contributed by atoms with Crippen LogP contribution in [0.2, 0.25) is 0 Å². The predicted octanol–water partition coefficient (Wildman–Crippen LogP) is 3.70. The summed E-state index contributed by atoms with van der Waals surface area (Å²) in [5.41, 5.74) is 1.90. The van der Waals surface area contributed by atoms with Crippen LogP contribution in [-0.2, 0) is 6.42 Å². The molecule has 1 N–H and O–H groups in total. The molecule has 1 nitrogen and oxygen atoms in total. The molecule has 0 aliphatic heterocycles. The fourth-order valence-electron chi connectivity index (χ4n) is 1.97. The molecule has 0 saturated heterocycles. The highest BCUT2D eigenvalue weighted by atomic mass is 32.1. The lowest BCUT2D eigenvalue weighted by Gasteiger charge is -2.31. The van der Waals surface area contributed by atoms with Crippen LogP contribution in [0.25, 0.3) is 0 Å². The van der Waals surface area contributed by atoms with Crippen molar-refractivity contribution >= 4 is 11.3 Å². The molecule has 90 valence electrons. The average molecular weight is 237 g/mol. The summed E-state index contributed by atoms with van der Waals surface area (Å²) >= 11 is 1.81. The van der Waals surface area contributed by atoms with Gasteiger partial charge in [-0.25, -0.2) is 0 Å². The van der Waals surface area contributed by atoms with Crippen molar-refractivity contribution in [3.63, 3.8) is 0 Å². The summed E-state index contributed by atoms with van der Waals surface area (Å²) in [5, 5.41) is 8.15. The molecule has 2 rings (SSSR count). The molecule has 0 bridgehead atoms. The molecule has 1 unspecified atom stereocenters. The molecule has 1 fully saturated rings. The molecule has 1 aliphatic rings. The van der Waals surface area contributed by atoms with Gasteiger partial charge in [-0.3, -0.25) is 0 Å². The van der Waals surface area contributed by atoms with Crippen molar-refractivity contribution in [2.75, 3.05) is 6.54 Å². The van der Waals surface area contributed by atoms with Crippen molar-refractivity contribution in [3.8, 4) is 0 Å². The van der Waals surface area contributed by atoms with Gasteiger partial charge in [0.25, 0.3) is 0 Å². The predicted molar refractivity (Wildman–Crippen MR) is 72.0 cm³/mol. The van der Waals surface area contributed by atoms with Gasteiger partial charge >= 0.3 is 0 Å². The Kier molecular flexibility index (Phi) is 3.70. The SMILES string of the molecule is CC(C)(C)C(CNC1CC1)Cc1ccsc1. The summed E-state index contributed by atoms with van der Waals surface area (Å²) in [5.74, 6) is 0.739. The minimum atomic E-state index is 0.393. The maximum Gasteiger partial charge on any atom is 0.00683 e. The molecule has 0 aromatic carbocycles. The molecule has 1 aliphatic carbocycles. The van der Waals surface area contributed by atoms with Gasteiger partial charge in [-0.15, -0.1) is 0 Å². The third-order valence-corrected chi connectivity index (χ3v) is 4.25. The van der Waals surface area contributed by atoms with Gasteiger partial charge in [-0.05, 0) is 59.5 Å². The van der Waals surface area contributed by atoms with Crippen LogP contribution in [-0.4, -0.2) is 12.6 Å². The van der Waals surface area contributed by atoms with E-state index in [0.29, 0.717) is 5.41 Å². The van der Waals surface area contributed by atoms with Gasteiger partial charge in [0.1, 0.15) is 0 Å². The van der Waals surface area contributed by atoms with E-state index in [2.05, 4.69) is 42.9 Å². The van der Waals surface area contributed by atoms with E-state index in [1.165, 1.54) is 31.4 Å². The lowest BCUT2D eigenvalue weighted by molar-refractivity contribution is 0.230. The summed E-state index contributed by atoms with van der Waals surface area (Å²) in [6.45, 7) is 8.25. The molecular formula is C14H23NS. The summed E-state index contributed by atoms with van der Waals surface area (Å²) < 4.78 is 0. The average Bonchev–Trinajstić information content (AvgIpc) is 2.87. The quantitative estimate of drug-likeness (QED) is 0.823. The lowest BCUT2D eigenvalue weighted by Crippen LogP contribution is -2.34. The van der Waals surface area contributed by atoms with E-state index in [9.17, 15) is 0 Å². The van der Waals surface area contributed by atoms with E-state index >= 15 is 0 Å². The molecule has 1 aromatic heterocycles. The van der Waals surface area contributed by atoms with Crippen molar-refractivity contribution in [2.45, 2.75) is 46.1 Å². The largest absolute Gasteiger partial charge is 0.314 e. The van der Waals surface area contributed by atoms with Gasteiger partial charge in [-0.2, -0.15) is 11.3 Å². The van der Waals surface area contributed by atoms with Crippen LogP contribution in [0.4, 0.5) is 0 Å². The highest BCUT2D eigenvalue weighted by molar-refractivity contribution is 7.07. The number of hydrogen-bond acceptors (Lipinski definition) is 2. The Morgan fingerprint density at radius 2 is 2.19 bits per heavy atom. The first kappa shape index (κ1) is 12.1. The minimum Gasteiger partial charge on any atom is -0.314 e. The monoisotopic (exact) mass is 237 g/mol. The van der Waals surface area contributed by atoms with Crippen molar-refractivity contribution in [1.29, 1.82) is 0 Å². The van der Waals surface area contributed by atoms with Crippen LogP contribution < -0.4 is 5.32 Å². The first-order valence-corrected chi connectivity index (χ1v) is 7.24. The minimum absolute atomic E-state index is 0.393. The summed E-state index contributed by atoms with van der Waals surface area (Å²) in [4.78, 5) is 0. The normalized spacial score (nSPS) is 18.7. The molecule has 0 spiro atoms. The molecule has 1 heterocycles. The molecule has 16 heavy (non-hydrogen) atoms. The Balaban J connectivity index is 1.90. The highest BCUT2D eigenvalue weighted by Gasteiger charge is 2.28. The Labute approximate surface area is 103 Å². The summed E-state index contributed by atoms with van der Waals surface area (Å²) in [6, 6.07) is 3.09. The van der Waals surface area contributed by atoms with Crippen LogP contribution >= 0.6 is 11.3 Å². The van der Waals surface area contributed by atoms with Crippen molar-refractivity contribution < 1.29 is 0 Å². The number of hydrogen-bond donors (Lipinski definition) is 1. The van der Waals surface area contributed by atoms with Gasteiger partial charge in [-0.1, -0.05) is 20.8 Å². The first-order valence-electron chi connectivity index (χ1n) is 6.30. The van der Waals surface area contributed by atoms with E-state index < -0.39 is 0 Å². The van der Waals surface area contributed by atoms with Crippen LogP contribution in [0.1, 0.15) is 39.2 Å². The molecule has 1 atom stereocenters. The second kappa shape index (κ2) is 4.89. The van der Waals surface area contributed by atoms with E-state index in [1.54, 1.807) is 0 Å². The number of nitrogens with one attached hydrogen (secondary N) is 1. The van der Waals surface area contributed by atoms with Crippen LogP contribution in [0.3, 0.4) is 0 Å². The fourth-order valence-corrected chi connectivity index (χ4v) is 2.66. The Hall–Kier alpha value is -0.340. The Morgan fingerprint density at radius 1 is 1.44 bits per heavy atom. The Bertz CT molecular complexity index is 306. The summed E-state index contributed by atoms with van der Waals surface area (Å²) in [7, 11) is 0. The highest BCUT2D eigenvalue weighted by Crippen LogP contribution is 2.30. The van der Waals surface area contributed by atoms with E-state index in [4.69, 9.17) is 0 Å². The molecule has 1 aromatic rings. The van der Waals surface area contributed by atoms with Gasteiger partial charge in [0, 0.05) is 6.04 Å². The van der Waals surface area contributed by atoms with Crippen molar-refractivity contribution in [1.82, 2.24) is 5.32 Å². The zero-order valence-electron chi connectivity index (χ0n) is 10.6. The number of thiophene rings is 1. The smallest absolute Gasteiger partial charge is 0.00683 e. The zero-order chi connectivity index (χ0) is 11.6. The summed E-state index contributed by atoms with van der Waals surface area (Å²) in [6.07, 6.45) is 3.98. The number of rotatable bonds is 5. The maximum absolute atomic E-state index is 3.68. The maximum atomic E-state index is 3.68. The van der Waals surface area contributed by atoms with Gasteiger partial charge in [0.05, 0.1) is 0 Å². The lowest BCUT2D eigenvalue weighted by atomic mass is 9.77. The van der Waals surface area contributed by atoms with Crippen molar-refractivity contribution in [2.24, 2.45) is 11.3 Å². The van der Waals surface area contributed by atoms with Crippen LogP contribution in [0.5, 0.6) is 0 Å². The molecule has 0 amide bonds. The van der Waals surface area contributed by atoms with Gasteiger partial charge < -0.3 is 5.32 Å². The fraction of sp³-hybridized carbons (Fsp3) is 0.714. The Morgan fingerprint density at radius 3 is 2.69 bits per heavy atom. The van der Waals surface area contributed by atoms with E-state index in [0.717, 1.165) is 12.0 Å². The van der Waals surface area contributed by atoms with Crippen LogP contribution in [0, 0.1) is 11.3 Å². The standard InChI is InChI=1S/C14H23NS/c1-14(2,3)12(9-15-13-4-5-13)8-11-6-7-16-10-11/h6-7,10,12-13,15H,4-5,8-9H2,1-3H3. The zero-order valence-corrected chi connectivity index (χ0v) is 11.4. The van der Waals surface area contributed by atoms with Crippen molar-refractivity contribution in [3.05, 3.63) is 22.4 Å². The second-order valence-corrected chi connectivity index (χ2v) is 6.86. The van der Waals surface area contributed by atoms with E-state index in [1.807, 2.05) is 11.3 Å². The van der Waals surface area contributed by atoms with Crippen LogP contribution in [0.15, 0.2) is 16.8 Å². The molecule has 1 saturated carbocycles. The molecular weight excluding hydrogens is 214 g/mol. The third-order valence-electron chi connectivity index (χ3n) is 3.52. The van der Waals surface area contributed by atoms with E-state index in [-0.39, 0.29) is 0 Å². The van der Waals surface area contributed by atoms with Gasteiger partial charge in [0.2, 0.25) is 0 Å². The second-order valence-electron chi connectivity index (χ2n) is 6.08. The topological polar surface area (TPSA) is 12.0 Å². The molecule has 0 radical (unpaired) electrons. The molecule has 2 heteroatoms. The van der Waals surface area contributed by atoms with Gasteiger partial charge in [0.15, 0.2) is 0 Å². The third kappa shape index (κ3) is 3.60. The first-order chi connectivity index (χ1) is 7.55.